The highest BCUT2D eigenvalue weighted by Crippen LogP contribution is 2.55. The molecule has 0 radical (unpaired) electrons. The van der Waals surface area contributed by atoms with Crippen LogP contribution in [-0.2, 0) is 0 Å². The Morgan fingerprint density at radius 2 is 0.531 bits per heavy atom. The summed E-state index contributed by atoms with van der Waals surface area (Å²) in [7, 11) is 0. The third-order valence-corrected chi connectivity index (χ3v) is 6.28. The lowest BCUT2D eigenvalue weighted by Crippen LogP contribution is -1.84. The summed E-state index contributed by atoms with van der Waals surface area (Å²) in [6.07, 6.45) is 0. The molecule has 0 bridgehead atoms. The van der Waals surface area contributed by atoms with E-state index < -0.39 is 0 Å². The lowest BCUT2D eigenvalue weighted by molar-refractivity contribution is 1.28. The Labute approximate surface area is 189 Å². The monoisotopic (exact) mass is 406 g/mol. The zero-order chi connectivity index (χ0) is 21.3. The van der Waals surface area contributed by atoms with E-state index in [2.05, 4.69) is 133 Å². The van der Waals surface area contributed by atoms with Crippen molar-refractivity contribution in [2.45, 2.75) is 0 Å². The molecular formula is C32H22. The summed E-state index contributed by atoms with van der Waals surface area (Å²) >= 11 is 0. The van der Waals surface area contributed by atoms with E-state index in [-0.39, 0.29) is 11.8 Å². The van der Waals surface area contributed by atoms with E-state index in [1.807, 2.05) is 0 Å². The first-order valence-corrected chi connectivity index (χ1v) is 11.1. The molecule has 0 heteroatoms. The van der Waals surface area contributed by atoms with Crippen LogP contribution in [0, 0.1) is 23.7 Å². The molecule has 150 valence electrons. The molecule has 0 aliphatic heterocycles. The van der Waals surface area contributed by atoms with E-state index in [4.69, 9.17) is 0 Å². The predicted molar refractivity (Wildman–Crippen MR) is 134 cm³/mol. The third-order valence-electron chi connectivity index (χ3n) is 6.28. The zero-order valence-corrected chi connectivity index (χ0v) is 17.7. The van der Waals surface area contributed by atoms with E-state index in [1.54, 1.807) is 0 Å². The van der Waals surface area contributed by atoms with Crippen LogP contribution >= 0.6 is 0 Å². The van der Waals surface area contributed by atoms with Crippen LogP contribution in [0.1, 0.15) is 22.3 Å². The number of benzene rings is 4. The smallest absolute Gasteiger partial charge is 0.0720 e. The predicted octanol–water partition coefficient (Wildman–Crippen LogP) is 7.47. The summed E-state index contributed by atoms with van der Waals surface area (Å²) in [6, 6.07) is 42.7. The molecule has 0 saturated heterocycles. The highest BCUT2D eigenvalue weighted by atomic mass is 14.4. The standard InChI is InChI=1S/C32H22/c1-5-13-23(14-6-1)29-27(30(29)24-15-7-2-8-16-24)21-22-28-31(25-17-9-3-10-18-25)32(28)26-19-11-4-12-20-26/h1-20,27-28H. The molecule has 0 spiro atoms. The lowest BCUT2D eigenvalue weighted by Gasteiger charge is -1.96. The summed E-state index contributed by atoms with van der Waals surface area (Å²) in [5.74, 6) is 7.71. The Balaban J connectivity index is 1.34. The van der Waals surface area contributed by atoms with E-state index in [0.29, 0.717) is 0 Å². The Kier molecular flexibility index (Phi) is 4.60. The molecule has 0 atom stereocenters. The molecule has 0 aromatic heterocycles. The average Bonchev–Trinajstić information content (AvgIpc) is 3.78. The van der Waals surface area contributed by atoms with Crippen LogP contribution in [0.4, 0.5) is 0 Å². The Hall–Kier alpha value is -4.08. The SMILES string of the molecule is C(#CC1C(c2ccccc2)=C1c1ccccc1)C1C(c2ccccc2)=C1c1ccccc1. The first kappa shape index (κ1) is 18.7. The van der Waals surface area contributed by atoms with E-state index >= 15 is 0 Å². The molecular weight excluding hydrogens is 384 g/mol. The quantitative estimate of drug-likeness (QED) is 0.308. The fourth-order valence-corrected chi connectivity index (χ4v) is 4.66. The van der Waals surface area contributed by atoms with Gasteiger partial charge in [-0.05, 0) is 44.5 Å². The molecule has 0 unspecified atom stereocenters. The summed E-state index contributed by atoms with van der Waals surface area (Å²) in [5, 5.41) is 0. The van der Waals surface area contributed by atoms with E-state index in [9.17, 15) is 0 Å². The molecule has 2 aliphatic carbocycles. The lowest BCUT2D eigenvalue weighted by atomic mass is 10.1. The van der Waals surface area contributed by atoms with Gasteiger partial charge in [-0.25, -0.2) is 0 Å². The van der Waals surface area contributed by atoms with Crippen LogP contribution in [0.5, 0.6) is 0 Å². The van der Waals surface area contributed by atoms with Crippen molar-refractivity contribution in [2.24, 2.45) is 11.8 Å². The molecule has 0 fully saturated rings. The second-order valence-electron chi connectivity index (χ2n) is 8.27. The van der Waals surface area contributed by atoms with Crippen LogP contribution in [0.25, 0.3) is 22.3 Å². The minimum Gasteiger partial charge on any atom is -0.0892 e. The topological polar surface area (TPSA) is 0 Å². The molecule has 4 aromatic rings. The molecule has 2 aliphatic rings. The van der Waals surface area contributed by atoms with Gasteiger partial charge in [-0.1, -0.05) is 133 Å². The minimum atomic E-state index is 0.203. The van der Waals surface area contributed by atoms with Gasteiger partial charge in [0.25, 0.3) is 0 Å². The third kappa shape index (κ3) is 3.39. The summed E-state index contributed by atoms with van der Waals surface area (Å²) < 4.78 is 0. The van der Waals surface area contributed by atoms with Crippen LogP contribution in [0.15, 0.2) is 121 Å². The first-order chi connectivity index (χ1) is 15.9. The van der Waals surface area contributed by atoms with E-state index in [1.165, 1.54) is 44.5 Å². The normalized spacial score (nSPS) is 15.4. The van der Waals surface area contributed by atoms with Crippen LogP contribution < -0.4 is 0 Å². The molecule has 0 nitrogen and oxygen atoms in total. The van der Waals surface area contributed by atoms with Crippen LogP contribution in [0.3, 0.4) is 0 Å². The van der Waals surface area contributed by atoms with Crippen molar-refractivity contribution in [3.05, 3.63) is 144 Å². The summed E-state index contributed by atoms with van der Waals surface area (Å²) in [6.45, 7) is 0. The van der Waals surface area contributed by atoms with Gasteiger partial charge in [0, 0.05) is 0 Å². The zero-order valence-electron chi connectivity index (χ0n) is 17.7. The van der Waals surface area contributed by atoms with Crippen molar-refractivity contribution >= 4 is 22.3 Å². The van der Waals surface area contributed by atoms with Gasteiger partial charge >= 0.3 is 0 Å². The second-order valence-corrected chi connectivity index (χ2v) is 8.27. The van der Waals surface area contributed by atoms with Gasteiger partial charge in [0.15, 0.2) is 0 Å². The Bertz CT molecular complexity index is 1170. The summed E-state index contributed by atoms with van der Waals surface area (Å²) in [4.78, 5) is 0. The number of hydrogen-bond acceptors (Lipinski definition) is 0. The fourth-order valence-electron chi connectivity index (χ4n) is 4.66. The van der Waals surface area contributed by atoms with Crippen LogP contribution in [-0.4, -0.2) is 0 Å². The van der Waals surface area contributed by atoms with Gasteiger partial charge in [0.2, 0.25) is 0 Å². The molecule has 0 heterocycles. The molecule has 0 amide bonds. The van der Waals surface area contributed by atoms with Crippen LogP contribution in [0.2, 0.25) is 0 Å². The molecule has 4 aromatic carbocycles. The minimum absolute atomic E-state index is 0.203. The van der Waals surface area contributed by atoms with Crippen molar-refractivity contribution < 1.29 is 0 Å². The molecule has 6 rings (SSSR count). The highest BCUT2D eigenvalue weighted by molar-refractivity contribution is 6.15. The van der Waals surface area contributed by atoms with Crippen molar-refractivity contribution in [1.82, 2.24) is 0 Å². The first-order valence-electron chi connectivity index (χ1n) is 11.1. The maximum atomic E-state index is 3.65. The Morgan fingerprint density at radius 3 is 0.750 bits per heavy atom. The fraction of sp³-hybridized carbons (Fsp3) is 0.0625. The van der Waals surface area contributed by atoms with Gasteiger partial charge < -0.3 is 0 Å². The van der Waals surface area contributed by atoms with Crippen molar-refractivity contribution in [3.8, 4) is 11.8 Å². The molecule has 32 heavy (non-hydrogen) atoms. The van der Waals surface area contributed by atoms with Gasteiger partial charge in [-0.3, -0.25) is 0 Å². The Morgan fingerprint density at radius 1 is 0.312 bits per heavy atom. The second kappa shape index (κ2) is 7.88. The largest absolute Gasteiger partial charge is 0.0892 e. The van der Waals surface area contributed by atoms with Gasteiger partial charge in [-0.15, -0.1) is 0 Å². The average molecular weight is 407 g/mol. The maximum absolute atomic E-state index is 3.65. The van der Waals surface area contributed by atoms with Crippen molar-refractivity contribution in [3.63, 3.8) is 0 Å². The van der Waals surface area contributed by atoms with Gasteiger partial charge in [0.1, 0.15) is 0 Å². The molecule has 0 saturated carbocycles. The van der Waals surface area contributed by atoms with Crippen molar-refractivity contribution in [1.29, 1.82) is 0 Å². The summed E-state index contributed by atoms with van der Waals surface area (Å²) in [5.41, 5.74) is 10.6. The van der Waals surface area contributed by atoms with Crippen molar-refractivity contribution in [2.75, 3.05) is 0 Å². The highest BCUT2D eigenvalue weighted by Gasteiger charge is 2.40. The van der Waals surface area contributed by atoms with Gasteiger partial charge in [-0.2, -0.15) is 0 Å². The van der Waals surface area contributed by atoms with Gasteiger partial charge in [0.05, 0.1) is 11.8 Å². The number of rotatable bonds is 4. The number of allylic oxidation sites excluding steroid dienone is 4. The van der Waals surface area contributed by atoms with E-state index in [0.717, 1.165) is 0 Å². The number of hydrogen-bond donors (Lipinski definition) is 0. The maximum Gasteiger partial charge on any atom is 0.0720 e. The molecule has 0 N–H and O–H groups in total.